The zero-order valence-corrected chi connectivity index (χ0v) is 13.6. The van der Waals surface area contributed by atoms with Crippen molar-refractivity contribution < 1.29 is 0 Å². The van der Waals surface area contributed by atoms with Crippen LogP contribution >= 0.6 is 0 Å². The summed E-state index contributed by atoms with van der Waals surface area (Å²) in [6.07, 6.45) is 5.53. The minimum absolute atomic E-state index is 0.0525. The van der Waals surface area contributed by atoms with Crippen molar-refractivity contribution in [2.24, 2.45) is 0 Å². The number of rotatable bonds is 5. The van der Waals surface area contributed by atoms with Crippen LogP contribution in [0.5, 0.6) is 0 Å². The summed E-state index contributed by atoms with van der Waals surface area (Å²) in [4.78, 5) is 16.7. The van der Waals surface area contributed by atoms with Crippen LogP contribution in [-0.4, -0.2) is 25.2 Å². The Morgan fingerprint density at radius 3 is 2.87 bits per heavy atom. The zero-order chi connectivity index (χ0) is 16.4. The van der Waals surface area contributed by atoms with Gasteiger partial charge in [-0.1, -0.05) is 6.07 Å². The predicted molar refractivity (Wildman–Crippen MR) is 89.4 cm³/mol. The summed E-state index contributed by atoms with van der Waals surface area (Å²) < 4.78 is 3.50. The average molecular weight is 311 g/mol. The molecular formula is C17H21N5O. The summed E-state index contributed by atoms with van der Waals surface area (Å²) in [7, 11) is 0. The fourth-order valence-electron chi connectivity index (χ4n) is 2.54. The molecule has 3 aromatic rings. The highest BCUT2D eigenvalue weighted by Crippen LogP contribution is 2.10. The molecule has 3 rings (SSSR count). The van der Waals surface area contributed by atoms with Crippen LogP contribution < -0.4 is 10.9 Å². The first-order valence-electron chi connectivity index (χ1n) is 7.76. The Morgan fingerprint density at radius 2 is 2.13 bits per heavy atom. The van der Waals surface area contributed by atoms with Crippen molar-refractivity contribution in [1.29, 1.82) is 0 Å². The minimum atomic E-state index is -0.0525. The van der Waals surface area contributed by atoms with E-state index in [1.54, 1.807) is 16.7 Å². The van der Waals surface area contributed by atoms with Gasteiger partial charge in [-0.15, -0.1) is 0 Å². The monoisotopic (exact) mass is 311 g/mol. The van der Waals surface area contributed by atoms with Crippen molar-refractivity contribution in [3.8, 4) is 0 Å². The normalized spacial score (nSPS) is 14.0. The van der Waals surface area contributed by atoms with Gasteiger partial charge in [-0.25, -0.2) is 4.98 Å². The first-order valence-corrected chi connectivity index (χ1v) is 7.76. The molecule has 1 N–H and O–H groups in total. The molecule has 3 heterocycles. The molecule has 0 amide bonds. The van der Waals surface area contributed by atoms with Crippen molar-refractivity contribution in [2.45, 2.75) is 39.4 Å². The second kappa shape index (κ2) is 6.34. The number of pyridine rings is 1. The van der Waals surface area contributed by atoms with Crippen molar-refractivity contribution in [3.63, 3.8) is 0 Å². The van der Waals surface area contributed by atoms with Gasteiger partial charge in [0.2, 0.25) is 0 Å². The Labute approximate surface area is 134 Å². The minimum Gasteiger partial charge on any atom is -0.307 e. The smallest absolute Gasteiger partial charge is 0.258 e. The van der Waals surface area contributed by atoms with E-state index < -0.39 is 0 Å². The molecule has 6 nitrogen and oxygen atoms in total. The molecule has 23 heavy (non-hydrogen) atoms. The fraction of sp³-hybridized carbons (Fsp3) is 0.353. The summed E-state index contributed by atoms with van der Waals surface area (Å²) in [5.41, 5.74) is 2.41. The first-order chi connectivity index (χ1) is 11.0. The van der Waals surface area contributed by atoms with E-state index >= 15 is 0 Å². The fourth-order valence-corrected chi connectivity index (χ4v) is 2.54. The van der Waals surface area contributed by atoms with Crippen molar-refractivity contribution in [1.82, 2.24) is 24.5 Å². The number of aryl methyl sites for hydroxylation is 1. The van der Waals surface area contributed by atoms with Gasteiger partial charge in [0.25, 0.3) is 5.56 Å². The van der Waals surface area contributed by atoms with Gasteiger partial charge in [-0.05, 0) is 38.5 Å². The van der Waals surface area contributed by atoms with Gasteiger partial charge in [0.05, 0.1) is 11.7 Å². The largest absolute Gasteiger partial charge is 0.307 e. The second-order valence-corrected chi connectivity index (χ2v) is 5.92. The predicted octanol–water partition coefficient (Wildman–Crippen LogP) is 1.94. The maximum absolute atomic E-state index is 12.2. The van der Waals surface area contributed by atoms with E-state index in [1.165, 1.54) is 0 Å². The third-order valence-electron chi connectivity index (χ3n) is 4.13. The standard InChI is InChI=1S/C17H21N5O/c1-12-5-6-16-20-15(9-17(23)21(16)11-12)10-18-13(2)14(3)22-8-4-7-19-22/h4-9,11,13-14,18H,10H2,1-3H3/t13-,14+/m1/s1. The van der Waals surface area contributed by atoms with E-state index in [0.717, 1.165) is 11.3 Å². The lowest BCUT2D eigenvalue weighted by atomic mass is 10.1. The Morgan fingerprint density at radius 1 is 1.30 bits per heavy atom. The molecule has 2 atom stereocenters. The summed E-state index contributed by atoms with van der Waals surface area (Å²) in [6, 6.07) is 7.75. The van der Waals surface area contributed by atoms with Crippen LogP contribution in [0.1, 0.15) is 31.1 Å². The van der Waals surface area contributed by atoms with Gasteiger partial charge in [0.15, 0.2) is 0 Å². The molecule has 120 valence electrons. The number of fused-ring (bicyclic) bond motifs is 1. The van der Waals surface area contributed by atoms with Crippen LogP contribution in [0.3, 0.4) is 0 Å². The molecule has 0 spiro atoms. The summed E-state index contributed by atoms with van der Waals surface area (Å²) >= 11 is 0. The highest BCUT2D eigenvalue weighted by atomic mass is 16.1. The molecular weight excluding hydrogens is 290 g/mol. The molecule has 6 heteroatoms. The van der Waals surface area contributed by atoms with Crippen LogP contribution in [0.4, 0.5) is 0 Å². The molecule has 0 saturated carbocycles. The lowest BCUT2D eigenvalue weighted by Gasteiger charge is -2.21. The van der Waals surface area contributed by atoms with Crippen molar-refractivity contribution in [3.05, 3.63) is 64.5 Å². The van der Waals surface area contributed by atoms with Crippen LogP contribution in [0.25, 0.3) is 5.65 Å². The van der Waals surface area contributed by atoms with Crippen LogP contribution in [-0.2, 0) is 6.54 Å². The third-order valence-corrected chi connectivity index (χ3v) is 4.13. The number of nitrogens with one attached hydrogen (secondary N) is 1. The molecule has 0 bridgehead atoms. The topological polar surface area (TPSA) is 64.2 Å². The quantitative estimate of drug-likeness (QED) is 0.782. The lowest BCUT2D eigenvalue weighted by molar-refractivity contribution is 0.363. The Hall–Kier alpha value is -2.47. The number of hydrogen-bond donors (Lipinski definition) is 1. The SMILES string of the molecule is Cc1ccc2nc(CN[C@H](C)[C@H](C)n3cccn3)cc(=O)n2c1. The average Bonchev–Trinajstić information content (AvgIpc) is 3.07. The number of aromatic nitrogens is 4. The summed E-state index contributed by atoms with van der Waals surface area (Å²) in [6.45, 7) is 6.71. The van der Waals surface area contributed by atoms with E-state index in [9.17, 15) is 4.79 Å². The molecule has 0 radical (unpaired) electrons. The van der Waals surface area contributed by atoms with E-state index in [4.69, 9.17) is 0 Å². The van der Waals surface area contributed by atoms with Crippen LogP contribution in [0, 0.1) is 6.92 Å². The highest BCUT2D eigenvalue weighted by molar-refractivity contribution is 5.39. The summed E-state index contributed by atoms with van der Waals surface area (Å²) in [5, 5.41) is 7.68. The molecule has 0 aromatic carbocycles. The van der Waals surface area contributed by atoms with Gasteiger partial charge < -0.3 is 5.32 Å². The Balaban J connectivity index is 1.74. The molecule has 0 aliphatic carbocycles. The zero-order valence-electron chi connectivity index (χ0n) is 13.6. The number of nitrogens with zero attached hydrogens (tertiary/aromatic N) is 4. The van der Waals surface area contributed by atoms with Crippen LogP contribution in [0.15, 0.2) is 47.7 Å². The molecule has 0 fully saturated rings. The van der Waals surface area contributed by atoms with Gasteiger partial charge in [-0.2, -0.15) is 5.10 Å². The third kappa shape index (κ3) is 3.32. The lowest BCUT2D eigenvalue weighted by Crippen LogP contribution is -2.34. The van der Waals surface area contributed by atoms with Crippen LogP contribution in [0.2, 0.25) is 0 Å². The highest BCUT2D eigenvalue weighted by Gasteiger charge is 2.14. The van der Waals surface area contributed by atoms with E-state index in [1.807, 2.05) is 42.2 Å². The van der Waals surface area contributed by atoms with Gasteiger partial charge in [-0.3, -0.25) is 13.9 Å². The molecule has 0 unspecified atom stereocenters. The van der Waals surface area contributed by atoms with Crippen molar-refractivity contribution >= 4 is 5.65 Å². The first kappa shape index (κ1) is 15.4. The summed E-state index contributed by atoms with van der Waals surface area (Å²) in [5.74, 6) is 0. The Bertz CT molecular complexity index is 853. The second-order valence-electron chi connectivity index (χ2n) is 5.92. The van der Waals surface area contributed by atoms with E-state index in [2.05, 4.69) is 29.2 Å². The molecule has 0 saturated heterocycles. The molecule has 0 aliphatic rings. The number of hydrogen-bond acceptors (Lipinski definition) is 4. The van der Waals surface area contributed by atoms with Gasteiger partial charge >= 0.3 is 0 Å². The van der Waals surface area contributed by atoms with Crippen molar-refractivity contribution in [2.75, 3.05) is 0 Å². The maximum atomic E-state index is 12.2. The van der Waals surface area contributed by atoms with Gasteiger partial charge in [0.1, 0.15) is 5.65 Å². The van der Waals surface area contributed by atoms with Gasteiger partial charge in [0, 0.05) is 37.2 Å². The molecule has 3 aromatic heterocycles. The molecule has 0 aliphatic heterocycles. The van der Waals surface area contributed by atoms with E-state index in [-0.39, 0.29) is 17.6 Å². The Kier molecular flexibility index (Phi) is 4.25. The maximum Gasteiger partial charge on any atom is 0.258 e. The van der Waals surface area contributed by atoms with E-state index in [0.29, 0.717) is 12.2 Å².